The Kier molecular flexibility index (Phi) is 5.74. The van der Waals surface area contributed by atoms with E-state index in [1.165, 1.54) is 88.2 Å². The number of anilines is 3. The van der Waals surface area contributed by atoms with Gasteiger partial charge in [0, 0.05) is 22.5 Å². The second kappa shape index (κ2) is 9.80. The Hall–Kier alpha value is -5.40. The predicted octanol–water partition coefficient (Wildman–Crippen LogP) is 12.6. The molecule has 0 aromatic heterocycles. The molecular weight excluding hydrogens is 555 g/mol. The normalized spacial score (nSPS) is 13.4. The molecule has 220 valence electrons. The molecule has 8 aromatic rings. The molecule has 0 aliphatic heterocycles. The number of fused-ring (bicyclic) bond motifs is 2. The van der Waals surface area contributed by atoms with Gasteiger partial charge < -0.3 is 4.90 Å². The standard InChI is InChI=1S/C45H35N/c1-28-11-5-9-15-40(28)46(41-16-10-6-12-29(41)2)33-22-17-30(18-23-33)34-24-20-32-27-37-35-13-7-8-14-38(35)45(3,4)39-26-21-31-19-25-36(34)42(32)43(31)44(37)39/h5-27H,1-4H3. The van der Waals surface area contributed by atoms with Crippen molar-refractivity contribution < 1.29 is 0 Å². The van der Waals surface area contributed by atoms with Crippen LogP contribution in [0.15, 0.2) is 140 Å². The highest BCUT2D eigenvalue weighted by Crippen LogP contribution is 2.52. The molecule has 9 rings (SSSR count). The summed E-state index contributed by atoms with van der Waals surface area (Å²) < 4.78 is 0. The average molecular weight is 590 g/mol. The van der Waals surface area contributed by atoms with Crippen molar-refractivity contribution in [2.24, 2.45) is 0 Å². The van der Waals surface area contributed by atoms with Gasteiger partial charge in [0.05, 0.1) is 0 Å². The van der Waals surface area contributed by atoms with E-state index in [4.69, 9.17) is 0 Å². The smallest absolute Gasteiger partial charge is 0.0490 e. The third-order valence-corrected chi connectivity index (χ3v) is 10.5. The van der Waals surface area contributed by atoms with E-state index in [2.05, 4.69) is 172 Å². The molecule has 0 bridgehead atoms. The third kappa shape index (κ3) is 3.75. The molecule has 1 heteroatoms. The minimum atomic E-state index is -0.0648. The number of rotatable bonds is 4. The summed E-state index contributed by atoms with van der Waals surface area (Å²) in [6.07, 6.45) is 0. The van der Waals surface area contributed by atoms with Crippen LogP contribution in [0.5, 0.6) is 0 Å². The quantitative estimate of drug-likeness (QED) is 0.185. The second-order valence-electron chi connectivity index (χ2n) is 13.5. The lowest BCUT2D eigenvalue weighted by Crippen LogP contribution is -2.23. The maximum Gasteiger partial charge on any atom is 0.0490 e. The van der Waals surface area contributed by atoms with Gasteiger partial charge in [-0.3, -0.25) is 0 Å². The van der Waals surface area contributed by atoms with E-state index in [-0.39, 0.29) is 5.41 Å². The van der Waals surface area contributed by atoms with Crippen LogP contribution in [-0.4, -0.2) is 0 Å². The molecule has 46 heavy (non-hydrogen) atoms. The van der Waals surface area contributed by atoms with E-state index in [9.17, 15) is 0 Å². The average Bonchev–Trinajstić information content (AvgIpc) is 3.08. The first-order valence-corrected chi connectivity index (χ1v) is 16.3. The third-order valence-electron chi connectivity index (χ3n) is 10.5. The molecule has 1 aliphatic carbocycles. The maximum absolute atomic E-state index is 2.44. The highest BCUT2D eigenvalue weighted by molar-refractivity contribution is 6.29. The Morgan fingerprint density at radius 1 is 0.457 bits per heavy atom. The van der Waals surface area contributed by atoms with E-state index in [0.717, 1.165) is 5.69 Å². The number of hydrogen-bond donors (Lipinski definition) is 0. The van der Waals surface area contributed by atoms with Crippen LogP contribution in [0.4, 0.5) is 17.1 Å². The molecule has 0 radical (unpaired) electrons. The van der Waals surface area contributed by atoms with Gasteiger partial charge in [-0.1, -0.05) is 123 Å². The number of hydrogen-bond acceptors (Lipinski definition) is 1. The summed E-state index contributed by atoms with van der Waals surface area (Å²) in [7, 11) is 0. The van der Waals surface area contributed by atoms with Crippen molar-refractivity contribution in [2.45, 2.75) is 33.1 Å². The van der Waals surface area contributed by atoms with Gasteiger partial charge in [0.2, 0.25) is 0 Å². The van der Waals surface area contributed by atoms with Gasteiger partial charge in [-0.05, 0) is 121 Å². The Balaban J connectivity index is 1.24. The molecule has 0 heterocycles. The first-order chi connectivity index (χ1) is 22.4. The minimum absolute atomic E-state index is 0.0648. The zero-order valence-electron chi connectivity index (χ0n) is 26.7. The van der Waals surface area contributed by atoms with Crippen molar-refractivity contribution in [3.05, 3.63) is 162 Å². The fourth-order valence-electron chi connectivity index (χ4n) is 8.14. The van der Waals surface area contributed by atoms with Gasteiger partial charge in [0.25, 0.3) is 0 Å². The molecule has 0 N–H and O–H groups in total. The lowest BCUT2D eigenvalue weighted by Gasteiger charge is -2.36. The van der Waals surface area contributed by atoms with E-state index in [1.54, 1.807) is 0 Å². The van der Waals surface area contributed by atoms with Gasteiger partial charge in [0.1, 0.15) is 0 Å². The first-order valence-electron chi connectivity index (χ1n) is 16.3. The molecule has 0 unspecified atom stereocenters. The van der Waals surface area contributed by atoms with Crippen LogP contribution >= 0.6 is 0 Å². The van der Waals surface area contributed by atoms with Crippen LogP contribution in [0.25, 0.3) is 54.6 Å². The monoisotopic (exact) mass is 589 g/mol. The van der Waals surface area contributed by atoms with Gasteiger partial charge >= 0.3 is 0 Å². The molecule has 8 aromatic carbocycles. The topological polar surface area (TPSA) is 3.24 Å². The lowest BCUT2D eigenvalue weighted by atomic mass is 9.67. The van der Waals surface area contributed by atoms with E-state index in [1.807, 2.05) is 0 Å². The highest BCUT2D eigenvalue weighted by Gasteiger charge is 2.34. The van der Waals surface area contributed by atoms with Crippen molar-refractivity contribution in [3.8, 4) is 22.3 Å². The predicted molar refractivity (Wildman–Crippen MR) is 197 cm³/mol. The number of para-hydroxylation sites is 2. The summed E-state index contributed by atoms with van der Waals surface area (Å²) in [6, 6.07) is 51.9. The van der Waals surface area contributed by atoms with E-state index in [0.29, 0.717) is 0 Å². The van der Waals surface area contributed by atoms with Crippen LogP contribution in [0.3, 0.4) is 0 Å². The molecular formula is C45H35N. The van der Waals surface area contributed by atoms with Gasteiger partial charge in [-0.25, -0.2) is 0 Å². The van der Waals surface area contributed by atoms with Gasteiger partial charge in [0.15, 0.2) is 0 Å². The molecule has 0 amide bonds. The van der Waals surface area contributed by atoms with Crippen LogP contribution in [0.2, 0.25) is 0 Å². The summed E-state index contributed by atoms with van der Waals surface area (Å²) in [5, 5.41) is 8.12. The summed E-state index contributed by atoms with van der Waals surface area (Å²) in [5.41, 5.74) is 14.0. The summed E-state index contributed by atoms with van der Waals surface area (Å²) in [6.45, 7) is 9.14. The first kappa shape index (κ1) is 27.0. The Bertz CT molecular complexity index is 2420. The number of benzene rings is 8. The maximum atomic E-state index is 2.44. The van der Waals surface area contributed by atoms with Crippen molar-refractivity contribution in [3.63, 3.8) is 0 Å². The molecule has 0 fully saturated rings. The number of nitrogens with zero attached hydrogens (tertiary/aromatic N) is 1. The fourth-order valence-corrected chi connectivity index (χ4v) is 8.14. The summed E-state index contributed by atoms with van der Waals surface area (Å²) in [5.74, 6) is 0. The van der Waals surface area contributed by atoms with Crippen LogP contribution in [0, 0.1) is 13.8 Å². The van der Waals surface area contributed by atoms with Crippen LogP contribution in [0.1, 0.15) is 36.1 Å². The van der Waals surface area contributed by atoms with E-state index < -0.39 is 0 Å². The van der Waals surface area contributed by atoms with Gasteiger partial charge in [-0.2, -0.15) is 0 Å². The number of aryl methyl sites for hydroxylation is 2. The van der Waals surface area contributed by atoms with Crippen molar-refractivity contribution in [1.82, 2.24) is 0 Å². The van der Waals surface area contributed by atoms with Crippen LogP contribution < -0.4 is 4.90 Å². The zero-order chi connectivity index (χ0) is 31.2. The molecule has 1 aliphatic rings. The van der Waals surface area contributed by atoms with Crippen molar-refractivity contribution >= 4 is 49.4 Å². The molecule has 0 saturated heterocycles. The van der Waals surface area contributed by atoms with E-state index >= 15 is 0 Å². The fraction of sp³-hybridized carbons (Fsp3) is 0.111. The lowest BCUT2D eigenvalue weighted by molar-refractivity contribution is 0.645. The Labute approximate surface area is 270 Å². The Morgan fingerprint density at radius 3 is 1.80 bits per heavy atom. The second-order valence-corrected chi connectivity index (χ2v) is 13.5. The highest BCUT2D eigenvalue weighted by atomic mass is 15.1. The molecule has 0 saturated carbocycles. The Morgan fingerprint density at radius 2 is 1.09 bits per heavy atom. The van der Waals surface area contributed by atoms with Crippen LogP contribution in [-0.2, 0) is 5.41 Å². The largest absolute Gasteiger partial charge is 0.310 e. The minimum Gasteiger partial charge on any atom is -0.310 e. The van der Waals surface area contributed by atoms with Crippen molar-refractivity contribution in [1.29, 1.82) is 0 Å². The zero-order valence-corrected chi connectivity index (χ0v) is 26.7. The van der Waals surface area contributed by atoms with Gasteiger partial charge in [-0.15, -0.1) is 0 Å². The summed E-state index contributed by atoms with van der Waals surface area (Å²) >= 11 is 0. The summed E-state index contributed by atoms with van der Waals surface area (Å²) in [4.78, 5) is 2.39. The van der Waals surface area contributed by atoms with Crippen molar-refractivity contribution in [2.75, 3.05) is 4.90 Å². The molecule has 0 spiro atoms. The molecule has 1 nitrogen and oxygen atoms in total. The SMILES string of the molecule is Cc1ccccc1N(c1ccc(-c2ccc3cc4c5c(ccc6ccc2c3c65)C(C)(C)c2ccccc2-4)cc1)c1ccccc1C. The molecule has 0 atom stereocenters.